The van der Waals surface area contributed by atoms with Crippen molar-refractivity contribution >= 4 is 17.2 Å². The van der Waals surface area contributed by atoms with E-state index in [1.807, 2.05) is 11.4 Å². The monoisotopic (exact) mass is 301 g/mol. The normalized spacial score (nSPS) is 9.81. The van der Waals surface area contributed by atoms with E-state index < -0.39 is 0 Å². The number of amides is 1. The molecule has 0 radical (unpaired) electrons. The smallest absolute Gasteiger partial charge is 0.254 e. The number of rotatable bonds is 3. The van der Waals surface area contributed by atoms with E-state index in [9.17, 15) is 9.59 Å². The Kier molecular flexibility index (Phi) is 4.93. The molecule has 2 aromatic rings. The second-order valence-corrected chi connectivity index (χ2v) is 5.34. The summed E-state index contributed by atoms with van der Waals surface area (Å²) in [5.74, 6) is 5.56. The number of thiophene rings is 1. The van der Waals surface area contributed by atoms with Crippen molar-refractivity contribution in [3.63, 3.8) is 0 Å². The van der Waals surface area contributed by atoms with Crippen LogP contribution < -0.4 is 11.3 Å². The number of H-pyrrole nitrogens is 1. The second-order valence-electron chi connectivity index (χ2n) is 4.43. The van der Waals surface area contributed by atoms with Crippen molar-refractivity contribution < 1.29 is 4.79 Å². The largest absolute Gasteiger partial charge is 0.337 e. The number of nitrogens with one attached hydrogen (secondary N) is 1. The molecule has 0 saturated heterocycles. The summed E-state index contributed by atoms with van der Waals surface area (Å²) in [6.07, 6.45) is 1.47. The molecule has 2 rings (SSSR count). The van der Waals surface area contributed by atoms with Crippen LogP contribution in [-0.2, 0) is 6.54 Å². The van der Waals surface area contributed by atoms with Gasteiger partial charge >= 0.3 is 0 Å². The van der Waals surface area contributed by atoms with E-state index in [4.69, 9.17) is 5.73 Å². The second kappa shape index (κ2) is 6.88. The van der Waals surface area contributed by atoms with Gasteiger partial charge in [-0.25, -0.2) is 0 Å². The molecule has 0 aliphatic rings. The molecule has 0 aliphatic carbocycles. The minimum atomic E-state index is -0.288. The van der Waals surface area contributed by atoms with E-state index in [0.717, 1.165) is 10.4 Å². The minimum absolute atomic E-state index is 0.193. The first-order valence-corrected chi connectivity index (χ1v) is 7.18. The Morgan fingerprint density at radius 2 is 2.29 bits per heavy atom. The Labute approximate surface area is 126 Å². The third-order valence-electron chi connectivity index (χ3n) is 2.76. The molecular weight excluding hydrogens is 286 g/mol. The predicted molar refractivity (Wildman–Crippen MR) is 83.1 cm³/mol. The molecule has 0 spiro atoms. The van der Waals surface area contributed by atoms with Crippen LogP contribution in [0, 0.1) is 11.8 Å². The first-order valence-electron chi connectivity index (χ1n) is 6.30. The van der Waals surface area contributed by atoms with Gasteiger partial charge in [0.05, 0.1) is 11.4 Å². The quantitative estimate of drug-likeness (QED) is 0.831. The van der Waals surface area contributed by atoms with Gasteiger partial charge in [0.25, 0.3) is 5.91 Å². The van der Waals surface area contributed by atoms with Gasteiger partial charge in [-0.2, -0.15) is 0 Å². The fourth-order valence-electron chi connectivity index (χ4n) is 1.81. The molecule has 0 bridgehead atoms. The van der Waals surface area contributed by atoms with Gasteiger partial charge in [0, 0.05) is 31.4 Å². The summed E-state index contributed by atoms with van der Waals surface area (Å²) in [6.45, 7) is 0.792. The molecule has 6 heteroatoms. The van der Waals surface area contributed by atoms with E-state index in [1.54, 1.807) is 18.0 Å². The molecular formula is C15H15N3O2S. The molecule has 0 unspecified atom stereocenters. The number of nitrogens with zero attached hydrogens (tertiary/aromatic N) is 1. The molecule has 1 amide bonds. The molecule has 2 aromatic heterocycles. The highest BCUT2D eigenvalue weighted by atomic mass is 32.1. The van der Waals surface area contributed by atoms with Gasteiger partial charge in [-0.3, -0.25) is 9.59 Å². The van der Waals surface area contributed by atoms with Crippen LogP contribution >= 0.6 is 11.3 Å². The van der Waals surface area contributed by atoms with E-state index in [2.05, 4.69) is 16.8 Å². The lowest BCUT2D eigenvalue weighted by Gasteiger charge is -2.16. The Hall–Kier alpha value is -2.36. The molecule has 3 N–H and O–H groups in total. The molecule has 0 saturated carbocycles. The number of pyridine rings is 1. The van der Waals surface area contributed by atoms with Gasteiger partial charge in [0.15, 0.2) is 0 Å². The van der Waals surface area contributed by atoms with Crippen molar-refractivity contribution in [3.05, 3.63) is 56.1 Å². The molecule has 108 valence electrons. The number of aromatic nitrogens is 1. The summed E-state index contributed by atoms with van der Waals surface area (Å²) in [7, 11) is 1.70. The molecule has 0 atom stereocenters. The zero-order chi connectivity index (χ0) is 15.2. The first kappa shape index (κ1) is 15.0. The van der Waals surface area contributed by atoms with Crippen LogP contribution in [0.3, 0.4) is 0 Å². The average Bonchev–Trinajstić information content (AvgIpc) is 2.91. The third-order valence-corrected chi connectivity index (χ3v) is 3.65. The van der Waals surface area contributed by atoms with E-state index in [1.165, 1.54) is 23.6 Å². The maximum absolute atomic E-state index is 12.2. The molecule has 5 nitrogen and oxygen atoms in total. The Balaban J connectivity index is 2.07. The van der Waals surface area contributed by atoms with Crippen molar-refractivity contribution in [2.24, 2.45) is 5.73 Å². The molecule has 0 aromatic carbocycles. The SMILES string of the molecule is CN(Cc1csc(C#CCN)c1)C(=O)c1cc[nH]c(=O)c1. The number of nitrogens with two attached hydrogens (primary N) is 1. The fraction of sp³-hybridized carbons (Fsp3) is 0.200. The number of hydrogen-bond acceptors (Lipinski definition) is 4. The molecule has 0 fully saturated rings. The predicted octanol–water partition coefficient (Wildman–Crippen LogP) is 1.02. The molecule has 2 heterocycles. The highest BCUT2D eigenvalue weighted by Gasteiger charge is 2.13. The van der Waals surface area contributed by atoms with Crippen LogP contribution in [0.15, 0.2) is 34.6 Å². The lowest BCUT2D eigenvalue weighted by atomic mass is 10.2. The van der Waals surface area contributed by atoms with Crippen LogP contribution in [0.1, 0.15) is 20.8 Å². The fourth-order valence-corrected chi connectivity index (χ4v) is 2.58. The van der Waals surface area contributed by atoms with E-state index >= 15 is 0 Å². The topological polar surface area (TPSA) is 79.2 Å². The van der Waals surface area contributed by atoms with Gasteiger partial charge in [0.2, 0.25) is 5.56 Å². The summed E-state index contributed by atoms with van der Waals surface area (Å²) in [6, 6.07) is 4.82. The molecule has 0 aliphatic heterocycles. The van der Waals surface area contributed by atoms with Crippen molar-refractivity contribution in [1.29, 1.82) is 0 Å². The van der Waals surface area contributed by atoms with Crippen LogP contribution in [0.4, 0.5) is 0 Å². The number of carbonyl (C=O) groups is 1. The van der Waals surface area contributed by atoms with Crippen LogP contribution in [0.5, 0.6) is 0 Å². The summed E-state index contributed by atoms with van der Waals surface area (Å²) >= 11 is 1.52. The van der Waals surface area contributed by atoms with Gasteiger partial charge in [-0.1, -0.05) is 11.8 Å². The zero-order valence-electron chi connectivity index (χ0n) is 11.6. The Morgan fingerprint density at radius 1 is 1.48 bits per heavy atom. The Morgan fingerprint density at radius 3 is 3.00 bits per heavy atom. The van der Waals surface area contributed by atoms with Crippen molar-refractivity contribution in [2.45, 2.75) is 6.54 Å². The maximum Gasteiger partial charge on any atom is 0.254 e. The lowest BCUT2D eigenvalue weighted by Crippen LogP contribution is -2.27. The van der Waals surface area contributed by atoms with Gasteiger partial charge in [-0.05, 0) is 23.1 Å². The van der Waals surface area contributed by atoms with Crippen molar-refractivity contribution in [1.82, 2.24) is 9.88 Å². The summed E-state index contributed by atoms with van der Waals surface area (Å²) in [4.78, 5) is 28.4. The third kappa shape index (κ3) is 4.05. The number of aromatic amines is 1. The highest BCUT2D eigenvalue weighted by molar-refractivity contribution is 7.10. The minimum Gasteiger partial charge on any atom is -0.337 e. The van der Waals surface area contributed by atoms with Crippen LogP contribution in [0.25, 0.3) is 0 Å². The van der Waals surface area contributed by atoms with Crippen molar-refractivity contribution in [3.8, 4) is 11.8 Å². The van der Waals surface area contributed by atoms with Crippen molar-refractivity contribution in [2.75, 3.05) is 13.6 Å². The zero-order valence-corrected chi connectivity index (χ0v) is 12.4. The van der Waals surface area contributed by atoms with Gasteiger partial charge in [-0.15, -0.1) is 11.3 Å². The average molecular weight is 301 g/mol. The van der Waals surface area contributed by atoms with Gasteiger partial charge < -0.3 is 15.6 Å². The van der Waals surface area contributed by atoms with Crippen LogP contribution in [-0.4, -0.2) is 29.4 Å². The number of carbonyl (C=O) groups excluding carboxylic acids is 1. The molecule has 21 heavy (non-hydrogen) atoms. The van der Waals surface area contributed by atoms with E-state index in [0.29, 0.717) is 18.7 Å². The summed E-state index contributed by atoms with van der Waals surface area (Å²) in [5, 5.41) is 1.96. The lowest BCUT2D eigenvalue weighted by molar-refractivity contribution is 0.0785. The standard InChI is InChI=1S/C15H15N3O2S/c1-18(15(20)12-4-6-17-14(19)8-12)9-11-7-13(21-10-11)3-2-5-16/h4,6-8,10H,5,9,16H2,1H3,(H,17,19). The van der Waals surface area contributed by atoms with Gasteiger partial charge in [0.1, 0.15) is 0 Å². The summed E-state index contributed by atoms with van der Waals surface area (Å²) in [5.41, 5.74) is 6.42. The highest BCUT2D eigenvalue weighted by Crippen LogP contribution is 2.15. The maximum atomic E-state index is 12.2. The first-order chi connectivity index (χ1) is 10.1. The van der Waals surface area contributed by atoms with E-state index in [-0.39, 0.29) is 11.5 Å². The Bertz CT molecular complexity index is 752. The number of hydrogen-bond donors (Lipinski definition) is 2. The summed E-state index contributed by atoms with van der Waals surface area (Å²) < 4.78 is 0. The van der Waals surface area contributed by atoms with Crippen LogP contribution in [0.2, 0.25) is 0 Å².